The van der Waals surface area contributed by atoms with Crippen molar-refractivity contribution in [3.63, 3.8) is 0 Å². The number of hydrogen-bond donors (Lipinski definition) is 1. The number of nitrogens with zero attached hydrogens (tertiary/aromatic N) is 2. The fourth-order valence-corrected chi connectivity index (χ4v) is 1.72. The Morgan fingerprint density at radius 3 is 2.88 bits per heavy atom. The summed E-state index contributed by atoms with van der Waals surface area (Å²) < 4.78 is 5.64. The van der Waals surface area contributed by atoms with Gasteiger partial charge >= 0.3 is 0 Å². The molecule has 0 saturated carbocycles. The van der Waals surface area contributed by atoms with E-state index in [0.717, 1.165) is 10.6 Å². The third-order valence-electron chi connectivity index (χ3n) is 2.32. The van der Waals surface area contributed by atoms with Gasteiger partial charge < -0.3 is 10.5 Å². The zero-order valence-electron chi connectivity index (χ0n) is 9.68. The highest BCUT2D eigenvalue weighted by Crippen LogP contribution is 2.29. The van der Waals surface area contributed by atoms with Crippen LogP contribution >= 0.6 is 11.8 Å². The first-order valence-electron chi connectivity index (χ1n) is 5.09. The van der Waals surface area contributed by atoms with Crippen molar-refractivity contribution in [3.05, 3.63) is 36.2 Å². The van der Waals surface area contributed by atoms with Gasteiger partial charge in [0.05, 0.1) is 5.69 Å². The number of aromatic nitrogens is 2. The summed E-state index contributed by atoms with van der Waals surface area (Å²) >= 11 is 1.54. The average Bonchev–Trinajstić information content (AvgIpc) is 2.35. The van der Waals surface area contributed by atoms with E-state index in [9.17, 15) is 0 Å². The first-order chi connectivity index (χ1) is 8.20. The molecular formula is C12H13N3OS. The van der Waals surface area contributed by atoms with Gasteiger partial charge in [0.1, 0.15) is 11.4 Å². The van der Waals surface area contributed by atoms with Gasteiger partial charge in [-0.2, -0.15) is 0 Å². The highest BCUT2D eigenvalue weighted by atomic mass is 32.2. The summed E-state index contributed by atoms with van der Waals surface area (Å²) in [6.45, 7) is 1.94. The molecule has 0 bridgehead atoms. The van der Waals surface area contributed by atoms with Crippen LogP contribution in [0.2, 0.25) is 0 Å². The highest BCUT2D eigenvalue weighted by Gasteiger charge is 2.05. The number of nitrogen functional groups attached to an aromatic ring is 1. The third-order valence-corrected chi connectivity index (χ3v) is 2.97. The van der Waals surface area contributed by atoms with E-state index in [1.54, 1.807) is 6.07 Å². The Morgan fingerprint density at radius 1 is 1.29 bits per heavy atom. The van der Waals surface area contributed by atoms with Crippen molar-refractivity contribution in [3.8, 4) is 11.6 Å². The second kappa shape index (κ2) is 5.05. The maximum Gasteiger partial charge on any atom is 0.223 e. The number of ether oxygens (including phenoxy) is 1. The van der Waals surface area contributed by atoms with Crippen LogP contribution in [0.25, 0.3) is 0 Å². The minimum atomic E-state index is 0.502. The zero-order valence-corrected chi connectivity index (χ0v) is 10.5. The van der Waals surface area contributed by atoms with Gasteiger partial charge in [0.25, 0.3) is 0 Å². The molecule has 1 aromatic heterocycles. The quantitative estimate of drug-likeness (QED) is 0.513. The van der Waals surface area contributed by atoms with Gasteiger partial charge in [-0.15, -0.1) is 11.8 Å². The Balaban J connectivity index is 2.28. The summed E-state index contributed by atoms with van der Waals surface area (Å²) in [5, 5.41) is 0.862. The van der Waals surface area contributed by atoms with Crippen molar-refractivity contribution in [2.45, 2.75) is 11.9 Å². The van der Waals surface area contributed by atoms with Gasteiger partial charge in [0.2, 0.25) is 5.88 Å². The van der Waals surface area contributed by atoms with E-state index < -0.39 is 0 Å². The largest absolute Gasteiger partial charge is 0.437 e. The lowest BCUT2D eigenvalue weighted by Gasteiger charge is -2.09. The van der Waals surface area contributed by atoms with Crippen molar-refractivity contribution in [2.75, 3.05) is 12.0 Å². The summed E-state index contributed by atoms with van der Waals surface area (Å²) in [5.41, 5.74) is 7.55. The molecular weight excluding hydrogens is 234 g/mol. The van der Waals surface area contributed by atoms with Crippen LogP contribution in [0, 0.1) is 6.92 Å². The molecule has 17 heavy (non-hydrogen) atoms. The fraction of sp³-hybridized carbons (Fsp3) is 0.167. The van der Waals surface area contributed by atoms with Crippen LogP contribution in [-0.2, 0) is 0 Å². The molecule has 5 heteroatoms. The van der Waals surface area contributed by atoms with Gasteiger partial charge in [-0.1, -0.05) is 12.1 Å². The topological polar surface area (TPSA) is 61.0 Å². The van der Waals surface area contributed by atoms with Gasteiger partial charge in [0, 0.05) is 6.07 Å². The Labute approximate surface area is 104 Å². The van der Waals surface area contributed by atoms with Gasteiger partial charge in [-0.25, -0.2) is 9.97 Å². The SMILES string of the molecule is CSc1cc(Oc2cccc(C)c2N)ncn1. The van der Waals surface area contributed by atoms with E-state index in [-0.39, 0.29) is 0 Å². The van der Waals surface area contributed by atoms with Crippen LogP contribution in [0.3, 0.4) is 0 Å². The van der Waals surface area contributed by atoms with Gasteiger partial charge in [0.15, 0.2) is 5.75 Å². The molecule has 0 fully saturated rings. The highest BCUT2D eigenvalue weighted by molar-refractivity contribution is 7.98. The first kappa shape index (κ1) is 11.7. The summed E-state index contributed by atoms with van der Waals surface area (Å²) in [5.74, 6) is 1.12. The van der Waals surface area contributed by atoms with Crippen molar-refractivity contribution in [1.29, 1.82) is 0 Å². The molecule has 0 saturated heterocycles. The van der Waals surface area contributed by atoms with E-state index >= 15 is 0 Å². The molecule has 1 heterocycles. The van der Waals surface area contributed by atoms with Crippen molar-refractivity contribution < 1.29 is 4.74 Å². The maximum atomic E-state index is 5.93. The molecule has 2 rings (SSSR count). The second-order valence-corrected chi connectivity index (χ2v) is 4.31. The molecule has 0 radical (unpaired) electrons. The standard InChI is InChI=1S/C12H13N3OS/c1-8-4-3-5-9(12(8)13)16-10-6-11(17-2)15-7-14-10/h3-7H,13H2,1-2H3. The molecule has 0 amide bonds. The zero-order chi connectivity index (χ0) is 12.3. The van der Waals surface area contributed by atoms with E-state index in [0.29, 0.717) is 17.3 Å². The number of rotatable bonds is 3. The predicted octanol–water partition coefficient (Wildman–Crippen LogP) is 2.88. The second-order valence-electron chi connectivity index (χ2n) is 3.49. The van der Waals surface area contributed by atoms with Crippen LogP contribution in [-0.4, -0.2) is 16.2 Å². The smallest absolute Gasteiger partial charge is 0.223 e. The summed E-state index contributed by atoms with van der Waals surface area (Å²) in [6, 6.07) is 7.45. The van der Waals surface area contributed by atoms with Crippen LogP contribution in [0.5, 0.6) is 11.6 Å². The molecule has 1 aromatic carbocycles. The molecule has 2 aromatic rings. The van der Waals surface area contributed by atoms with E-state index in [2.05, 4.69) is 9.97 Å². The van der Waals surface area contributed by atoms with E-state index in [1.165, 1.54) is 18.1 Å². The Kier molecular flexibility index (Phi) is 3.49. The minimum Gasteiger partial charge on any atom is -0.437 e. The lowest BCUT2D eigenvalue weighted by atomic mass is 10.2. The van der Waals surface area contributed by atoms with Crippen LogP contribution in [0.4, 0.5) is 5.69 Å². The molecule has 0 aliphatic carbocycles. The maximum absolute atomic E-state index is 5.93. The molecule has 2 N–H and O–H groups in total. The van der Waals surface area contributed by atoms with Crippen molar-refractivity contribution >= 4 is 17.4 Å². The summed E-state index contributed by atoms with van der Waals surface area (Å²) in [4.78, 5) is 8.13. The molecule has 0 atom stereocenters. The van der Waals surface area contributed by atoms with Crippen molar-refractivity contribution in [1.82, 2.24) is 9.97 Å². The van der Waals surface area contributed by atoms with Crippen LogP contribution in [0.1, 0.15) is 5.56 Å². The molecule has 0 spiro atoms. The third kappa shape index (κ3) is 2.68. The molecule has 0 aliphatic heterocycles. The monoisotopic (exact) mass is 247 g/mol. The summed E-state index contributed by atoms with van der Waals surface area (Å²) in [7, 11) is 0. The Morgan fingerprint density at radius 2 is 2.12 bits per heavy atom. The Hall–Kier alpha value is -1.75. The normalized spacial score (nSPS) is 10.2. The van der Waals surface area contributed by atoms with E-state index in [4.69, 9.17) is 10.5 Å². The van der Waals surface area contributed by atoms with Crippen molar-refractivity contribution in [2.24, 2.45) is 0 Å². The molecule has 4 nitrogen and oxygen atoms in total. The summed E-state index contributed by atoms with van der Waals surface area (Å²) in [6.07, 6.45) is 3.43. The predicted molar refractivity (Wildman–Crippen MR) is 69.5 cm³/mol. The average molecular weight is 247 g/mol. The Bertz CT molecular complexity index is 531. The lowest BCUT2D eigenvalue weighted by molar-refractivity contribution is 0.461. The van der Waals surface area contributed by atoms with Gasteiger partial charge in [-0.3, -0.25) is 0 Å². The number of nitrogens with two attached hydrogens (primary N) is 1. The fourth-order valence-electron chi connectivity index (χ4n) is 1.35. The molecule has 0 aliphatic rings. The number of thioether (sulfide) groups is 1. The molecule has 88 valence electrons. The van der Waals surface area contributed by atoms with E-state index in [1.807, 2.05) is 31.4 Å². The number of anilines is 1. The number of aryl methyl sites for hydroxylation is 1. The number of para-hydroxylation sites is 1. The number of hydrogen-bond acceptors (Lipinski definition) is 5. The number of benzene rings is 1. The first-order valence-corrected chi connectivity index (χ1v) is 6.32. The van der Waals surface area contributed by atoms with Crippen LogP contribution in [0.15, 0.2) is 35.6 Å². The lowest BCUT2D eigenvalue weighted by Crippen LogP contribution is -1.96. The van der Waals surface area contributed by atoms with Gasteiger partial charge in [-0.05, 0) is 24.8 Å². The van der Waals surface area contributed by atoms with Crippen LogP contribution < -0.4 is 10.5 Å². The molecule has 0 unspecified atom stereocenters. The minimum absolute atomic E-state index is 0.502.